The van der Waals surface area contributed by atoms with Crippen LogP contribution in [0.2, 0.25) is 10.0 Å². The van der Waals surface area contributed by atoms with Crippen LogP contribution in [0.4, 0.5) is 0 Å². The van der Waals surface area contributed by atoms with Crippen molar-refractivity contribution in [2.45, 2.75) is 24.7 Å². The predicted octanol–water partition coefficient (Wildman–Crippen LogP) is 3.49. The summed E-state index contributed by atoms with van der Waals surface area (Å²) in [5.41, 5.74) is 0.484. The molecule has 2 aromatic carbocycles. The molecule has 2 unspecified atom stereocenters. The lowest BCUT2D eigenvalue weighted by atomic mass is 9.99. The Hall–Kier alpha value is -2.00. The second kappa shape index (κ2) is 9.87. The molecule has 1 amide bonds. The van der Waals surface area contributed by atoms with E-state index < -0.39 is 15.9 Å². The number of hydrogen-bond acceptors (Lipinski definition) is 5. The molecule has 2 aromatic rings. The van der Waals surface area contributed by atoms with Gasteiger partial charge in [0, 0.05) is 23.1 Å². The first-order valence-corrected chi connectivity index (χ1v) is 12.8. The monoisotopic (exact) mass is 498 g/mol. The first-order chi connectivity index (χ1) is 15.3. The van der Waals surface area contributed by atoms with E-state index in [1.54, 1.807) is 12.1 Å². The Morgan fingerprint density at radius 2 is 1.94 bits per heavy atom. The van der Waals surface area contributed by atoms with Gasteiger partial charge in [0.2, 0.25) is 15.9 Å². The van der Waals surface area contributed by atoms with Gasteiger partial charge in [0.25, 0.3) is 0 Å². The van der Waals surface area contributed by atoms with Crippen molar-refractivity contribution in [1.29, 1.82) is 0 Å². The molecule has 10 heteroatoms. The molecule has 0 bridgehead atoms. The highest BCUT2D eigenvalue weighted by Gasteiger charge is 2.33. The first kappa shape index (κ1) is 23.2. The average Bonchev–Trinajstić information content (AvgIpc) is 2.79. The Morgan fingerprint density at radius 3 is 2.72 bits per heavy atom. The highest BCUT2D eigenvalue weighted by molar-refractivity contribution is 7.88. The summed E-state index contributed by atoms with van der Waals surface area (Å²) in [5.74, 6) is 0.495. The molecule has 0 saturated carbocycles. The van der Waals surface area contributed by atoms with Gasteiger partial charge in [0.15, 0.2) is 11.5 Å². The zero-order chi connectivity index (χ0) is 22.7. The number of amides is 1. The molecule has 32 heavy (non-hydrogen) atoms. The van der Waals surface area contributed by atoms with Crippen LogP contribution in [0.25, 0.3) is 0 Å². The van der Waals surface area contributed by atoms with Crippen molar-refractivity contribution in [2.24, 2.45) is 5.92 Å². The minimum atomic E-state index is -3.63. The molecular formula is C22H24Cl2N2O5S. The SMILES string of the molecule is O=C(NCC1COc2ccccc2O1)C1CCCN(S(=O)(=O)Cc2ccc(Cl)cc2Cl)C1. The van der Waals surface area contributed by atoms with Gasteiger partial charge in [-0.1, -0.05) is 41.4 Å². The van der Waals surface area contributed by atoms with Crippen molar-refractivity contribution >= 4 is 39.1 Å². The summed E-state index contributed by atoms with van der Waals surface area (Å²) in [7, 11) is -3.63. The normalized spacial score (nSPS) is 21.2. The maximum Gasteiger partial charge on any atom is 0.224 e. The average molecular weight is 499 g/mol. The molecule has 1 N–H and O–H groups in total. The summed E-state index contributed by atoms with van der Waals surface area (Å²) in [6.07, 6.45) is 0.941. The molecular weight excluding hydrogens is 475 g/mol. The van der Waals surface area contributed by atoms with Crippen LogP contribution in [0.3, 0.4) is 0 Å². The van der Waals surface area contributed by atoms with Crippen LogP contribution in [-0.2, 0) is 20.6 Å². The topological polar surface area (TPSA) is 84.9 Å². The molecule has 1 fully saturated rings. The van der Waals surface area contributed by atoms with Gasteiger partial charge < -0.3 is 14.8 Å². The quantitative estimate of drug-likeness (QED) is 0.658. The van der Waals surface area contributed by atoms with Crippen LogP contribution in [0.1, 0.15) is 18.4 Å². The van der Waals surface area contributed by atoms with Crippen molar-refractivity contribution in [3.05, 3.63) is 58.1 Å². The predicted molar refractivity (Wildman–Crippen MR) is 123 cm³/mol. The Kier molecular flexibility index (Phi) is 7.14. The molecule has 7 nitrogen and oxygen atoms in total. The van der Waals surface area contributed by atoms with Gasteiger partial charge in [0.1, 0.15) is 12.7 Å². The largest absolute Gasteiger partial charge is 0.486 e. The summed E-state index contributed by atoms with van der Waals surface area (Å²) >= 11 is 12.0. The number of fused-ring (bicyclic) bond motifs is 1. The summed E-state index contributed by atoms with van der Waals surface area (Å²) in [6, 6.07) is 12.1. The molecule has 2 atom stereocenters. The first-order valence-electron chi connectivity index (χ1n) is 10.4. The molecule has 4 rings (SSSR count). The number of carbonyl (C=O) groups excluding carboxylic acids is 1. The highest BCUT2D eigenvalue weighted by atomic mass is 35.5. The summed E-state index contributed by atoms with van der Waals surface area (Å²) in [6.45, 7) is 1.15. The van der Waals surface area contributed by atoms with E-state index in [4.69, 9.17) is 32.7 Å². The van der Waals surface area contributed by atoms with Crippen LogP contribution in [0.15, 0.2) is 42.5 Å². The number of sulfonamides is 1. The summed E-state index contributed by atoms with van der Waals surface area (Å²) < 4.78 is 38.8. The van der Waals surface area contributed by atoms with Gasteiger partial charge >= 0.3 is 0 Å². The zero-order valence-electron chi connectivity index (χ0n) is 17.3. The second-order valence-electron chi connectivity index (χ2n) is 7.93. The summed E-state index contributed by atoms with van der Waals surface area (Å²) in [4.78, 5) is 12.7. The number of para-hydroxylation sites is 2. The number of halogens is 2. The van der Waals surface area contributed by atoms with Gasteiger partial charge in [-0.05, 0) is 42.7 Å². The fourth-order valence-corrected chi connectivity index (χ4v) is 6.05. The number of ether oxygens (including phenoxy) is 2. The third-order valence-electron chi connectivity index (χ3n) is 5.57. The Bertz CT molecular complexity index is 1100. The van der Waals surface area contributed by atoms with Crippen molar-refractivity contribution < 1.29 is 22.7 Å². The van der Waals surface area contributed by atoms with E-state index in [2.05, 4.69) is 5.32 Å². The number of benzene rings is 2. The molecule has 0 aromatic heterocycles. The molecule has 2 aliphatic heterocycles. The zero-order valence-corrected chi connectivity index (χ0v) is 19.6. The smallest absolute Gasteiger partial charge is 0.224 e. The van der Waals surface area contributed by atoms with E-state index in [1.807, 2.05) is 24.3 Å². The van der Waals surface area contributed by atoms with Crippen LogP contribution in [0.5, 0.6) is 11.5 Å². The fraction of sp³-hybridized carbons (Fsp3) is 0.409. The Morgan fingerprint density at radius 1 is 1.16 bits per heavy atom. The minimum Gasteiger partial charge on any atom is -0.486 e. The van der Waals surface area contributed by atoms with Gasteiger partial charge in [-0.3, -0.25) is 4.79 Å². The lowest BCUT2D eigenvalue weighted by Gasteiger charge is -2.32. The number of nitrogens with one attached hydrogen (secondary N) is 1. The van der Waals surface area contributed by atoms with E-state index >= 15 is 0 Å². The van der Waals surface area contributed by atoms with Crippen LogP contribution in [0, 0.1) is 5.92 Å². The highest BCUT2D eigenvalue weighted by Crippen LogP contribution is 2.31. The van der Waals surface area contributed by atoms with E-state index in [9.17, 15) is 13.2 Å². The summed E-state index contributed by atoms with van der Waals surface area (Å²) in [5, 5.41) is 3.64. The van der Waals surface area contributed by atoms with E-state index in [0.717, 1.165) is 0 Å². The second-order valence-corrected chi connectivity index (χ2v) is 10.7. The molecule has 0 spiro atoms. The van der Waals surface area contributed by atoms with Crippen molar-refractivity contribution in [2.75, 3.05) is 26.2 Å². The molecule has 0 aliphatic carbocycles. The van der Waals surface area contributed by atoms with Crippen LogP contribution in [-0.4, -0.2) is 51.0 Å². The van der Waals surface area contributed by atoms with Gasteiger partial charge in [0.05, 0.1) is 18.2 Å². The Labute approximate surface area is 197 Å². The van der Waals surface area contributed by atoms with Crippen molar-refractivity contribution in [3.63, 3.8) is 0 Å². The minimum absolute atomic E-state index is 0.143. The maximum atomic E-state index is 12.9. The van der Waals surface area contributed by atoms with Crippen LogP contribution < -0.4 is 14.8 Å². The van der Waals surface area contributed by atoms with E-state index in [-0.39, 0.29) is 30.9 Å². The standard InChI is InChI=1S/C22H24Cl2N2O5S/c23-17-8-7-16(19(24)10-17)14-32(28,29)26-9-3-4-15(12-26)22(27)25-11-18-13-30-20-5-1-2-6-21(20)31-18/h1-2,5-8,10,15,18H,3-4,9,11-14H2,(H,25,27). The molecule has 1 saturated heterocycles. The maximum absolute atomic E-state index is 12.9. The van der Waals surface area contributed by atoms with E-state index in [1.165, 1.54) is 10.4 Å². The molecule has 2 heterocycles. The van der Waals surface area contributed by atoms with E-state index in [0.29, 0.717) is 53.1 Å². The third-order valence-corrected chi connectivity index (χ3v) is 7.95. The molecule has 172 valence electrons. The fourth-order valence-electron chi connectivity index (χ4n) is 3.86. The van der Waals surface area contributed by atoms with Gasteiger partial charge in [-0.15, -0.1) is 0 Å². The van der Waals surface area contributed by atoms with Gasteiger partial charge in [-0.2, -0.15) is 0 Å². The Balaban J connectivity index is 1.32. The molecule has 2 aliphatic rings. The number of nitrogens with zero attached hydrogens (tertiary/aromatic N) is 1. The van der Waals surface area contributed by atoms with Crippen molar-refractivity contribution in [3.8, 4) is 11.5 Å². The lowest BCUT2D eigenvalue weighted by molar-refractivity contribution is -0.126. The molecule has 0 radical (unpaired) electrons. The third kappa shape index (κ3) is 5.49. The van der Waals surface area contributed by atoms with Crippen LogP contribution >= 0.6 is 23.2 Å². The number of piperidine rings is 1. The number of hydrogen-bond donors (Lipinski definition) is 1. The van der Waals surface area contributed by atoms with Crippen molar-refractivity contribution in [1.82, 2.24) is 9.62 Å². The lowest BCUT2D eigenvalue weighted by Crippen LogP contribution is -2.48. The van der Waals surface area contributed by atoms with Gasteiger partial charge in [-0.25, -0.2) is 12.7 Å². The number of rotatable bonds is 6. The number of carbonyl (C=O) groups is 1.